The molecule has 12 atom stereocenters. The zero-order valence-corrected chi connectivity index (χ0v) is 55.2. The van der Waals surface area contributed by atoms with Gasteiger partial charge in [0.2, 0.25) is 65.0 Å². The number of carbonyl (C=O) groups is 13. The van der Waals surface area contributed by atoms with Crippen molar-refractivity contribution < 1.29 is 90.8 Å². The Hall–Kier alpha value is -7.56. The quantitative estimate of drug-likeness (QED) is 0.0130. The Morgan fingerprint density at radius 2 is 0.835 bits per heavy atom. The predicted octanol–water partition coefficient (Wildman–Crippen LogP) is -2.63. The fraction of sp³-hybridized carbons (Fsp3) is 0.750. The minimum absolute atomic E-state index is 0.0311. The molecule has 31 nitrogen and oxygen atoms in total. The summed E-state index contributed by atoms with van der Waals surface area (Å²) in [5.74, 6) is -16.2. The van der Waals surface area contributed by atoms with Gasteiger partial charge in [-0.1, -0.05) is 110 Å². The van der Waals surface area contributed by atoms with Gasteiger partial charge in [-0.05, 0) is 60.7 Å². The van der Waals surface area contributed by atoms with Crippen LogP contribution in [0.1, 0.15) is 129 Å². The molecule has 12 unspecified atom stereocenters. The molecule has 0 aliphatic rings. The highest BCUT2D eigenvalue weighted by molar-refractivity contribution is 7.80. The van der Waals surface area contributed by atoms with Gasteiger partial charge in [0.15, 0.2) is 5.96 Å². The Morgan fingerprint density at radius 1 is 0.484 bits per heavy atom. The Bertz CT molecular complexity index is 2470. The summed E-state index contributed by atoms with van der Waals surface area (Å²) in [5.41, 5.74) is 16.8. The van der Waals surface area contributed by atoms with Gasteiger partial charge in [0.1, 0.15) is 60.9 Å². The van der Waals surface area contributed by atoms with Crippen LogP contribution in [0.15, 0.2) is 4.99 Å². The van der Waals surface area contributed by atoms with Crippen molar-refractivity contribution in [2.24, 2.45) is 63.6 Å². The van der Waals surface area contributed by atoms with E-state index < -0.39 is 199 Å². The minimum Gasteiger partial charge on any atom is -0.480 e. The van der Waals surface area contributed by atoms with Crippen LogP contribution in [-0.4, -0.2) is 197 Å². The molecule has 0 aromatic rings. The van der Waals surface area contributed by atoms with Crippen LogP contribution < -0.4 is 75.7 Å². The summed E-state index contributed by atoms with van der Waals surface area (Å²) in [6.45, 7) is 21.5. The van der Waals surface area contributed by atoms with E-state index >= 15 is 0 Å². The maximum Gasteiger partial charge on any atom is 0.490 e. The van der Waals surface area contributed by atoms with Gasteiger partial charge in [-0.15, -0.1) is 0 Å². The number of alkyl halides is 3. The van der Waals surface area contributed by atoms with Crippen LogP contribution in [-0.2, 0) is 62.3 Å². The van der Waals surface area contributed by atoms with E-state index in [2.05, 4.69) is 76.1 Å². The predicted molar refractivity (Wildman–Crippen MR) is 331 cm³/mol. The smallest absolute Gasteiger partial charge is 0.480 e. The number of halogens is 3. The second kappa shape index (κ2) is 42.5. The molecule has 0 aromatic heterocycles. The highest BCUT2D eigenvalue weighted by atomic mass is 32.1. The number of rotatable bonds is 39. The van der Waals surface area contributed by atoms with Crippen molar-refractivity contribution in [3.05, 3.63) is 0 Å². The maximum absolute atomic E-state index is 14.2. The van der Waals surface area contributed by atoms with Gasteiger partial charge in [0, 0.05) is 12.3 Å². The molecular weight excluding hydrogens is 1230 g/mol. The lowest BCUT2D eigenvalue weighted by Crippen LogP contribution is -2.62. The first-order valence-corrected chi connectivity index (χ1v) is 30.5. The molecule has 0 bridgehead atoms. The third-order valence-corrected chi connectivity index (χ3v) is 14.3. The number of guanidine groups is 1. The van der Waals surface area contributed by atoms with Crippen LogP contribution >= 0.6 is 12.6 Å². The zero-order chi connectivity index (χ0) is 71.0. The number of nitrogens with one attached hydrogen (secondary N) is 11. The summed E-state index contributed by atoms with van der Waals surface area (Å²) < 4.78 is 31.7. The molecule has 35 heteroatoms. The van der Waals surface area contributed by atoms with Gasteiger partial charge < -0.3 is 91.0 Å². The van der Waals surface area contributed by atoms with Crippen LogP contribution in [0.25, 0.3) is 0 Å². The lowest BCUT2D eigenvalue weighted by Gasteiger charge is -2.31. The van der Waals surface area contributed by atoms with Crippen molar-refractivity contribution in [1.29, 1.82) is 0 Å². The Morgan fingerprint density at radius 3 is 1.20 bits per heavy atom. The van der Waals surface area contributed by atoms with Gasteiger partial charge in [-0.3, -0.25) is 62.5 Å². The van der Waals surface area contributed by atoms with Crippen LogP contribution in [0.3, 0.4) is 0 Å². The summed E-state index contributed by atoms with van der Waals surface area (Å²) in [7, 11) is 0. The second-order valence-electron chi connectivity index (χ2n) is 23.6. The first-order chi connectivity index (χ1) is 42.0. The number of nitrogens with zero attached hydrogens (tertiary/aromatic N) is 1. The Kier molecular flexibility index (Phi) is 39.9. The molecule has 11 amide bonds. The number of aliphatic carboxylic acids is 2. The third kappa shape index (κ3) is 32.8. The van der Waals surface area contributed by atoms with Crippen LogP contribution in [0.5, 0.6) is 0 Å². The van der Waals surface area contributed by atoms with E-state index in [1.165, 1.54) is 0 Å². The summed E-state index contributed by atoms with van der Waals surface area (Å²) >= 11 is 4.05. The van der Waals surface area contributed by atoms with Gasteiger partial charge in [-0.2, -0.15) is 25.8 Å². The first kappa shape index (κ1) is 85.5. The molecule has 20 N–H and O–H groups in total. The highest BCUT2D eigenvalue weighted by Crippen LogP contribution is 2.17. The SMILES string of the molecule is CCC(C)C(NC(=O)C(CCCN=C(N)N)NC(=O)CNC(=O)C(NC(=O)C(NC(=O)C(NC(=O)C(NC(=O)C(N)CS)C(C)C)C(C)C)C(C)CC)C(C)C)C(=O)NC(C(=O)NC(CC(C)C)C(=O)NC(CO)C(=O)NCC(=O)O)C(C)C.O=C(O)C(F)(F)F. The fourth-order valence-electron chi connectivity index (χ4n) is 8.12. The van der Waals surface area contributed by atoms with E-state index in [9.17, 15) is 75.8 Å². The summed E-state index contributed by atoms with van der Waals surface area (Å²) in [4.78, 5) is 174. The molecule has 0 saturated heterocycles. The number of amides is 11. The summed E-state index contributed by atoms with van der Waals surface area (Å²) in [6, 6.07) is -12.4. The monoisotopic (exact) mass is 1330 g/mol. The van der Waals surface area contributed by atoms with Crippen molar-refractivity contribution in [1.82, 2.24) is 58.5 Å². The fourth-order valence-corrected chi connectivity index (χ4v) is 8.29. The molecule has 522 valence electrons. The number of nitrogens with two attached hydrogens (primary N) is 3. The van der Waals surface area contributed by atoms with E-state index in [1.807, 2.05) is 0 Å². The third-order valence-electron chi connectivity index (χ3n) is 13.9. The number of thiol groups is 1. The average molecular weight is 1330 g/mol. The molecular formula is C56H100F3N15O16S. The van der Waals surface area contributed by atoms with Gasteiger partial charge in [0.25, 0.3) is 0 Å². The number of aliphatic hydroxyl groups excluding tert-OH is 1. The number of carboxylic acid groups (broad SMARTS) is 2. The van der Waals surface area contributed by atoms with Crippen LogP contribution in [0.2, 0.25) is 0 Å². The highest BCUT2D eigenvalue weighted by Gasteiger charge is 2.40. The molecule has 0 rings (SSSR count). The normalized spacial score (nSPS) is 15.3. The molecule has 0 heterocycles. The molecule has 0 aromatic carbocycles. The minimum atomic E-state index is -5.08. The van der Waals surface area contributed by atoms with Gasteiger partial charge >= 0.3 is 18.1 Å². The van der Waals surface area contributed by atoms with E-state index in [4.69, 9.17) is 32.2 Å². The average Bonchev–Trinajstić information content (AvgIpc) is 1.01. The van der Waals surface area contributed by atoms with E-state index in [0.29, 0.717) is 12.8 Å². The molecule has 0 aliphatic carbocycles. The van der Waals surface area contributed by atoms with E-state index in [1.54, 1.807) is 96.9 Å². The van der Waals surface area contributed by atoms with Crippen LogP contribution in [0.4, 0.5) is 13.2 Å². The second-order valence-corrected chi connectivity index (χ2v) is 24.0. The van der Waals surface area contributed by atoms with E-state index in [-0.39, 0.29) is 43.4 Å². The molecule has 0 fully saturated rings. The van der Waals surface area contributed by atoms with Crippen molar-refractivity contribution in [2.45, 2.75) is 196 Å². The number of carbonyl (C=O) groups excluding carboxylic acids is 11. The molecule has 91 heavy (non-hydrogen) atoms. The number of hydrogen-bond acceptors (Lipinski definition) is 17. The summed E-state index contributed by atoms with van der Waals surface area (Å²) in [6.07, 6.45) is -4.20. The summed E-state index contributed by atoms with van der Waals surface area (Å²) in [5, 5.41) is 54.1. The molecule has 0 radical (unpaired) electrons. The van der Waals surface area contributed by atoms with Crippen molar-refractivity contribution in [3.63, 3.8) is 0 Å². The number of aliphatic imine (C=N–C) groups is 1. The lowest BCUT2D eigenvalue weighted by molar-refractivity contribution is -0.192. The van der Waals surface area contributed by atoms with Crippen molar-refractivity contribution in [2.75, 3.05) is 32.0 Å². The van der Waals surface area contributed by atoms with E-state index in [0.717, 1.165) is 0 Å². The standard InChI is InChI=1S/C54H99N15O14S.C2HF3O2/c1-15-30(13)42(52(82)67-39(27(7)8)49(79)62-34(20-25(3)4)47(77)63-35(23-70)45(75)60-22-37(72)73)68-46(76)33(18-17-19-58-54(56)57)61-36(71)21-59-48(78)38(26(5)6)65-53(83)43(31(14)16-2)69-51(81)41(29(11)12)66-50(80)40(28(9)10)64-44(74)32(55)24-84;3-2(4,5)1(6)7/h25-35,38-43,70,84H,15-24,55H2,1-14H3,(H,59,78)(H,60,75)(H,61,71)(H,62,79)(H,63,77)(H,64,74)(H,65,83)(H,66,80)(H,67,82)(H,68,76)(H,69,81)(H,72,73)(H4,56,57,58);(H,6,7). The lowest BCUT2D eigenvalue weighted by atomic mass is 9.95. The maximum atomic E-state index is 14.2. The van der Waals surface area contributed by atoms with Crippen molar-refractivity contribution >= 4 is 95.5 Å². The Labute approximate surface area is 534 Å². The largest absolute Gasteiger partial charge is 0.490 e. The number of carboxylic acids is 2. The topological polar surface area (TPSA) is 505 Å². The zero-order valence-electron chi connectivity index (χ0n) is 54.3. The Balaban J connectivity index is 0. The van der Waals surface area contributed by atoms with Gasteiger partial charge in [0.05, 0.1) is 19.2 Å². The molecule has 0 aliphatic heterocycles. The van der Waals surface area contributed by atoms with Gasteiger partial charge in [-0.25, -0.2) is 4.79 Å². The number of aliphatic hydroxyl groups is 1. The molecule has 0 spiro atoms. The molecule has 0 saturated carbocycles. The van der Waals surface area contributed by atoms with Crippen LogP contribution in [0, 0.1) is 41.4 Å². The van der Waals surface area contributed by atoms with Crippen molar-refractivity contribution in [3.8, 4) is 0 Å². The number of hydrogen-bond donors (Lipinski definition) is 18. The first-order valence-electron chi connectivity index (χ1n) is 29.8.